The molecule has 1 aromatic rings. The summed E-state index contributed by atoms with van der Waals surface area (Å²) < 4.78 is 0. The van der Waals surface area contributed by atoms with Crippen LogP contribution in [0.15, 0.2) is 30.3 Å². The van der Waals surface area contributed by atoms with Crippen molar-refractivity contribution in [2.24, 2.45) is 5.92 Å². The molecule has 0 saturated carbocycles. The van der Waals surface area contributed by atoms with Crippen LogP contribution in [0.1, 0.15) is 31.7 Å². The van der Waals surface area contributed by atoms with E-state index in [4.69, 9.17) is 11.6 Å². The molecule has 0 bridgehead atoms. The van der Waals surface area contributed by atoms with Crippen LogP contribution in [0.3, 0.4) is 0 Å². The van der Waals surface area contributed by atoms with Gasteiger partial charge in [0.2, 0.25) is 0 Å². The summed E-state index contributed by atoms with van der Waals surface area (Å²) in [7, 11) is 0. The molecule has 1 aliphatic rings. The van der Waals surface area contributed by atoms with E-state index in [9.17, 15) is 0 Å². The molecule has 2 heteroatoms. The Morgan fingerprint density at radius 1 is 1.22 bits per heavy atom. The number of benzene rings is 1. The molecule has 0 spiro atoms. The molecule has 0 radical (unpaired) electrons. The van der Waals surface area contributed by atoms with Crippen LogP contribution in [0.4, 0.5) is 0 Å². The van der Waals surface area contributed by atoms with Gasteiger partial charge in [-0.1, -0.05) is 42.8 Å². The fourth-order valence-electron chi connectivity index (χ4n) is 2.34. The molecule has 0 atom stereocenters. The highest BCUT2D eigenvalue weighted by molar-refractivity contribution is 6.30. The third-order valence-electron chi connectivity index (χ3n) is 3.67. The molecule has 98 valence electrons. The Kier molecular flexibility index (Phi) is 5.27. The van der Waals surface area contributed by atoms with E-state index in [1.807, 2.05) is 12.1 Å². The van der Waals surface area contributed by atoms with Gasteiger partial charge >= 0.3 is 0 Å². The molecular weight excluding hydrogens is 242 g/mol. The predicted molar refractivity (Wildman–Crippen MR) is 79.9 cm³/mol. The zero-order chi connectivity index (χ0) is 12.8. The maximum Gasteiger partial charge on any atom is 0.0406 e. The topological polar surface area (TPSA) is 3.24 Å². The second-order valence-electron chi connectivity index (χ2n) is 5.27. The third-order valence-corrected chi connectivity index (χ3v) is 3.92. The second-order valence-corrected chi connectivity index (χ2v) is 5.70. The van der Waals surface area contributed by atoms with Crippen LogP contribution in [0, 0.1) is 5.92 Å². The normalized spacial score (nSPS) is 18.6. The fourth-order valence-corrected chi connectivity index (χ4v) is 2.46. The Labute approximate surface area is 115 Å². The van der Waals surface area contributed by atoms with Crippen LogP contribution in [-0.2, 0) is 0 Å². The first-order valence-corrected chi connectivity index (χ1v) is 7.26. The summed E-state index contributed by atoms with van der Waals surface area (Å²) in [4.78, 5) is 2.58. The van der Waals surface area contributed by atoms with E-state index in [2.05, 4.69) is 36.1 Å². The standard InChI is InChI=1S/C16H22ClN/c1-14-9-12-18(13-10-14)11-3-2-4-15-5-7-16(17)8-6-15/h2,4-8,14H,3,9-13H2,1H3. The minimum atomic E-state index is 0.801. The first-order valence-electron chi connectivity index (χ1n) is 6.88. The minimum absolute atomic E-state index is 0.801. The van der Waals surface area contributed by atoms with Gasteiger partial charge in [0.05, 0.1) is 0 Å². The van der Waals surface area contributed by atoms with Crippen molar-refractivity contribution in [3.8, 4) is 0 Å². The van der Waals surface area contributed by atoms with E-state index in [-0.39, 0.29) is 0 Å². The highest BCUT2D eigenvalue weighted by atomic mass is 35.5. The summed E-state index contributed by atoms with van der Waals surface area (Å²) in [6, 6.07) is 7.99. The van der Waals surface area contributed by atoms with Crippen molar-refractivity contribution in [3.63, 3.8) is 0 Å². The quantitative estimate of drug-likeness (QED) is 0.774. The van der Waals surface area contributed by atoms with Crippen LogP contribution < -0.4 is 0 Å². The monoisotopic (exact) mass is 263 g/mol. The van der Waals surface area contributed by atoms with Gasteiger partial charge in [0.1, 0.15) is 0 Å². The van der Waals surface area contributed by atoms with Gasteiger partial charge in [-0.15, -0.1) is 0 Å². The Morgan fingerprint density at radius 3 is 2.56 bits per heavy atom. The first-order chi connectivity index (χ1) is 8.74. The summed E-state index contributed by atoms with van der Waals surface area (Å²) in [6.45, 7) is 6.10. The van der Waals surface area contributed by atoms with Crippen LogP contribution in [-0.4, -0.2) is 24.5 Å². The van der Waals surface area contributed by atoms with Crippen molar-refractivity contribution in [2.45, 2.75) is 26.2 Å². The van der Waals surface area contributed by atoms with Gasteiger partial charge in [-0.2, -0.15) is 0 Å². The average Bonchev–Trinajstić information content (AvgIpc) is 2.39. The van der Waals surface area contributed by atoms with Gasteiger partial charge < -0.3 is 4.90 Å². The summed E-state index contributed by atoms with van der Waals surface area (Å²) in [5.41, 5.74) is 1.23. The van der Waals surface area contributed by atoms with Gasteiger partial charge in [-0.05, 0) is 56.0 Å². The molecule has 2 rings (SSSR count). The number of likely N-dealkylation sites (tertiary alicyclic amines) is 1. The van der Waals surface area contributed by atoms with Crippen molar-refractivity contribution < 1.29 is 0 Å². The molecule has 0 N–H and O–H groups in total. The van der Waals surface area contributed by atoms with E-state index in [1.165, 1.54) is 38.0 Å². The summed E-state index contributed by atoms with van der Waals surface area (Å²) in [6.07, 6.45) is 8.31. The van der Waals surface area contributed by atoms with Crippen molar-refractivity contribution in [3.05, 3.63) is 40.9 Å². The third kappa shape index (κ3) is 4.47. The molecular formula is C16H22ClN. The van der Waals surface area contributed by atoms with Gasteiger partial charge in [0.25, 0.3) is 0 Å². The zero-order valence-corrected chi connectivity index (χ0v) is 11.9. The Morgan fingerprint density at radius 2 is 1.89 bits per heavy atom. The second kappa shape index (κ2) is 6.96. The largest absolute Gasteiger partial charge is 0.303 e. The van der Waals surface area contributed by atoms with Crippen LogP contribution >= 0.6 is 11.6 Å². The molecule has 1 aromatic carbocycles. The molecule has 1 saturated heterocycles. The van der Waals surface area contributed by atoms with Gasteiger partial charge in [0.15, 0.2) is 0 Å². The average molecular weight is 264 g/mol. The highest BCUT2D eigenvalue weighted by Gasteiger charge is 2.14. The summed E-state index contributed by atoms with van der Waals surface area (Å²) in [5.74, 6) is 0.922. The Bertz CT molecular complexity index is 375. The molecule has 0 aliphatic carbocycles. The van der Waals surface area contributed by atoms with Gasteiger partial charge in [0, 0.05) is 11.6 Å². The number of nitrogens with zero attached hydrogens (tertiary/aromatic N) is 1. The van der Waals surface area contributed by atoms with Crippen molar-refractivity contribution in [1.29, 1.82) is 0 Å². The van der Waals surface area contributed by atoms with Crippen LogP contribution in [0.5, 0.6) is 0 Å². The molecule has 1 nitrogen and oxygen atoms in total. The summed E-state index contributed by atoms with van der Waals surface area (Å²) in [5, 5.41) is 0.801. The minimum Gasteiger partial charge on any atom is -0.303 e. The van der Waals surface area contributed by atoms with Crippen LogP contribution in [0.2, 0.25) is 5.02 Å². The SMILES string of the molecule is CC1CCN(CCC=Cc2ccc(Cl)cc2)CC1. The highest BCUT2D eigenvalue weighted by Crippen LogP contribution is 2.16. The maximum atomic E-state index is 5.86. The number of hydrogen-bond acceptors (Lipinski definition) is 1. The van der Waals surface area contributed by atoms with Crippen molar-refractivity contribution in [2.75, 3.05) is 19.6 Å². The lowest BCUT2D eigenvalue weighted by Crippen LogP contribution is -2.33. The molecule has 0 unspecified atom stereocenters. The zero-order valence-electron chi connectivity index (χ0n) is 11.1. The predicted octanol–water partition coefficient (Wildman–Crippen LogP) is 4.48. The van der Waals surface area contributed by atoms with Gasteiger partial charge in [-0.25, -0.2) is 0 Å². The van der Waals surface area contributed by atoms with E-state index < -0.39 is 0 Å². The summed E-state index contributed by atoms with van der Waals surface area (Å²) >= 11 is 5.86. The Hall–Kier alpha value is -0.790. The molecule has 1 fully saturated rings. The maximum absolute atomic E-state index is 5.86. The van der Waals surface area contributed by atoms with Gasteiger partial charge in [-0.3, -0.25) is 0 Å². The first kappa shape index (κ1) is 13.6. The smallest absolute Gasteiger partial charge is 0.0406 e. The molecule has 0 amide bonds. The molecule has 1 aliphatic heterocycles. The van der Waals surface area contributed by atoms with E-state index in [1.54, 1.807) is 0 Å². The number of hydrogen-bond donors (Lipinski definition) is 0. The lowest BCUT2D eigenvalue weighted by molar-refractivity contribution is 0.195. The van der Waals surface area contributed by atoms with E-state index in [0.29, 0.717) is 0 Å². The lowest BCUT2D eigenvalue weighted by Gasteiger charge is -2.29. The van der Waals surface area contributed by atoms with Crippen molar-refractivity contribution in [1.82, 2.24) is 4.90 Å². The van der Waals surface area contributed by atoms with Crippen molar-refractivity contribution >= 4 is 17.7 Å². The van der Waals surface area contributed by atoms with E-state index >= 15 is 0 Å². The number of piperidine rings is 1. The van der Waals surface area contributed by atoms with E-state index in [0.717, 1.165) is 17.4 Å². The fraction of sp³-hybridized carbons (Fsp3) is 0.500. The lowest BCUT2D eigenvalue weighted by atomic mass is 9.99. The molecule has 1 heterocycles. The van der Waals surface area contributed by atoms with Crippen LogP contribution in [0.25, 0.3) is 6.08 Å². The number of halogens is 1. The molecule has 18 heavy (non-hydrogen) atoms. The molecule has 0 aromatic heterocycles. The Balaban J connectivity index is 1.70. The number of rotatable bonds is 4.